The molecule has 0 radical (unpaired) electrons. The Morgan fingerprint density at radius 3 is 2.48 bits per heavy atom. The van der Waals surface area contributed by atoms with Gasteiger partial charge in [0.2, 0.25) is 0 Å². The Morgan fingerprint density at radius 2 is 1.76 bits per heavy atom. The molecule has 8 heteroatoms. The van der Waals surface area contributed by atoms with Crippen LogP contribution in [0.25, 0.3) is 22.2 Å². The van der Waals surface area contributed by atoms with E-state index >= 15 is 0 Å². The van der Waals surface area contributed by atoms with Crippen molar-refractivity contribution in [2.75, 3.05) is 12.3 Å². The van der Waals surface area contributed by atoms with E-state index in [9.17, 15) is 4.79 Å². The zero-order valence-electron chi connectivity index (χ0n) is 18.6. The van der Waals surface area contributed by atoms with Crippen molar-refractivity contribution in [2.45, 2.75) is 39.0 Å². The SMILES string of the molecule is CCCCCCCNC(=O)c1c(N)n(/N=C/c2ccc(Cl)cc2)c2nc3ccccc3nc12. The second-order valence-corrected chi connectivity index (χ2v) is 8.36. The number of nitrogens with one attached hydrogen (secondary N) is 1. The third kappa shape index (κ3) is 5.14. The van der Waals surface area contributed by atoms with E-state index in [0.29, 0.717) is 39.3 Å². The first kappa shape index (κ1) is 22.7. The van der Waals surface area contributed by atoms with Gasteiger partial charge in [-0.25, -0.2) is 9.97 Å². The summed E-state index contributed by atoms with van der Waals surface area (Å²) in [5.74, 6) is -0.0629. The molecule has 4 aromatic rings. The Labute approximate surface area is 197 Å². The van der Waals surface area contributed by atoms with E-state index in [1.54, 1.807) is 18.3 Å². The lowest BCUT2D eigenvalue weighted by molar-refractivity contribution is 0.0955. The van der Waals surface area contributed by atoms with Crippen LogP contribution in [0, 0.1) is 0 Å². The van der Waals surface area contributed by atoms with E-state index in [1.807, 2.05) is 36.4 Å². The molecule has 0 fully saturated rings. The molecule has 0 bridgehead atoms. The van der Waals surface area contributed by atoms with Gasteiger partial charge in [-0.1, -0.05) is 68.5 Å². The average Bonchev–Trinajstić information content (AvgIpc) is 3.09. The van der Waals surface area contributed by atoms with Crippen molar-refractivity contribution in [1.29, 1.82) is 0 Å². The average molecular weight is 463 g/mol. The van der Waals surface area contributed by atoms with Gasteiger partial charge in [-0.05, 0) is 36.2 Å². The van der Waals surface area contributed by atoms with E-state index in [4.69, 9.17) is 27.3 Å². The van der Waals surface area contributed by atoms with Gasteiger partial charge in [-0.2, -0.15) is 9.78 Å². The molecule has 0 spiro atoms. The van der Waals surface area contributed by atoms with Crippen molar-refractivity contribution in [1.82, 2.24) is 20.0 Å². The van der Waals surface area contributed by atoms with Crippen LogP contribution in [0.4, 0.5) is 5.82 Å². The number of para-hydroxylation sites is 2. The van der Waals surface area contributed by atoms with Crippen LogP contribution in [0.15, 0.2) is 53.6 Å². The number of unbranched alkanes of at least 4 members (excludes halogenated alkanes) is 4. The first-order valence-electron chi connectivity index (χ1n) is 11.2. The van der Waals surface area contributed by atoms with Crippen LogP contribution < -0.4 is 11.1 Å². The number of amides is 1. The Morgan fingerprint density at radius 1 is 1.06 bits per heavy atom. The molecule has 3 N–H and O–H groups in total. The van der Waals surface area contributed by atoms with Crippen LogP contribution in [0.2, 0.25) is 5.02 Å². The summed E-state index contributed by atoms with van der Waals surface area (Å²) in [7, 11) is 0. The molecule has 0 aliphatic heterocycles. The second-order valence-electron chi connectivity index (χ2n) is 7.92. The highest BCUT2D eigenvalue weighted by molar-refractivity contribution is 6.30. The molecule has 0 aliphatic carbocycles. The third-order valence-corrected chi connectivity index (χ3v) is 5.71. The van der Waals surface area contributed by atoms with Gasteiger partial charge in [0.1, 0.15) is 16.9 Å². The van der Waals surface area contributed by atoms with Crippen LogP contribution >= 0.6 is 11.6 Å². The summed E-state index contributed by atoms with van der Waals surface area (Å²) >= 11 is 5.97. The molecule has 7 nitrogen and oxygen atoms in total. The predicted molar refractivity (Wildman–Crippen MR) is 135 cm³/mol. The van der Waals surface area contributed by atoms with Gasteiger partial charge in [-0.15, -0.1) is 0 Å². The number of nitrogens with two attached hydrogens (primary N) is 1. The van der Waals surface area contributed by atoms with Crippen LogP contribution in [0.1, 0.15) is 54.9 Å². The van der Waals surface area contributed by atoms with Crippen LogP contribution in [0.5, 0.6) is 0 Å². The van der Waals surface area contributed by atoms with Crippen molar-refractivity contribution in [3.63, 3.8) is 0 Å². The van der Waals surface area contributed by atoms with Crippen molar-refractivity contribution < 1.29 is 4.79 Å². The molecule has 4 rings (SSSR count). The highest BCUT2D eigenvalue weighted by Gasteiger charge is 2.23. The number of halogens is 1. The summed E-state index contributed by atoms with van der Waals surface area (Å²) in [5.41, 5.74) is 9.82. The molecular weight excluding hydrogens is 436 g/mol. The third-order valence-electron chi connectivity index (χ3n) is 5.46. The zero-order chi connectivity index (χ0) is 23.2. The quantitative estimate of drug-likeness (QED) is 0.257. The zero-order valence-corrected chi connectivity index (χ0v) is 19.3. The Kier molecular flexibility index (Phi) is 7.19. The topological polar surface area (TPSA) is 98.2 Å². The highest BCUT2D eigenvalue weighted by Crippen LogP contribution is 2.28. The smallest absolute Gasteiger partial charge is 0.257 e. The van der Waals surface area contributed by atoms with Gasteiger partial charge in [0.05, 0.1) is 17.2 Å². The number of anilines is 1. The van der Waals surface area contributed by atoms with E-state index in [2.05, 4.69) is 17.3 Å². The highest BCUT2D eigenvalue weighted by atomic mass is 35.5. The van der Waals surface area contributed by atoms with Crippen LogP contribution in [0.3, 0.4) is 0 Å². The summed E-state index contributed by atoms with van der Waals surface area (Å²) < 4.78 is 1.47. The van der Waals surface area contributed by atoms with Crippen molar-refractivity contribution in [2.24, 2.45) is 5.10 Å². The fourth-order valence-corrected chi connectivity index (χ4v) is 3.81. The number of rotatable bonds is 9. The number of carbonyl (C=O) groups excluding carboxylic acids is 1. The summed E-state index contributed by atoms with van der Waals surface area (Å²) in [6.45, 7) is 2.77. The van der Waals surface area contributed by atoms with Gasteiger partial charge < -0.3 is 11.1 Å². The van der Waals surface area contributed by atoms with E-state index in [1.165, 1.54) is 23.9 Å². The molecule has 33 heavy (non-hydrogen) atoms. The fourth-order valence-electron chi connectivity index (χ4n) is 3.68. The molecular formula is C25H27ClN6O. The summed E-state index contributed by atoms with van der Waals surface area (Å²) in [6.07, 6.45) is 7.23. The van der Waals surface area contributed by atoms with E-state index in [-0.39, 0.29) is 11.7 Å². The van der Waals surface area contributed by atoms with Crippen LogP contribution in [-0.4, -0.2) is 33.3 Å². The summed E-state index contributed by atoms with van der Waals surface area (Å²) in [4.78, 5) is 22.5. The summed E-state index contributed by atoms with van der Waals surface area (Å²) in [5, 5.41) is 8.14. The first-order chi connectivity index (χ1) is 16.1. The minimum Gasteiger partial charge on any atom is -0.383 e. The van der Waals surface area contributed by atoms with Crippen LogP contribution in [-0.2, 0) is 0 Å². The van der Waals surface area contributed by atoms with Crippen molar-refractivity contribution >= 4 is 51.7 Å². The molecule has 0 saturated carbocycles. The molecule has 2 heterocycles. The molecule has 0 saturated heterocycles. The standard InChI is InChI=1S/C25H27ClN6O/c1-2-3-4-5-8-15-28-25(33)21-22-24(31-20-10-7-6-9-19(20)30-22)32(23(21)27)29-16-17-11-13-18(26)14-12-17/h6-7,9-14,16H,2-5,8,15,27H2,1H3,(H,28,33)/b29-16+. The predicted octanol–water partition coefficient (Wildman–Crippen LogP) is 5.40. The molecule has 0 unspecified atom stereocenters. The summed E-state index contributed by atoms with van der Waals surface area (Å²) in [6, 6.07) is 14.8. The van der Waals surface area contributed by atoms with Gasteiger partial charge in [0.15, 0.2) is 5.65 Å². The number of carbonyl (C=O) groups is 1. The number of fused-ring (bicyclic) bond motifs is 2. The molecule has 2 aromatic heterocycles. The number of benzene rings is 2. The minimum atomic E-state index is -0.266. The number of hydrogen-bond donors (Lipinski definition) is 2. The van der Waals surface area contributed by atoms with Crippen molar-refractivity contribution in [3.05, 3.63) is 64.7 Å². The van der Waals surface area contributed by atoms with Gasteiger partial charge in [0, 0.05) is 11.6 Å². The number of nitrogens with zero attached hydrogens (tertiary/aromatic N) is 4. The number of aromatic nitrogens is 3. The molecule has 0 atom stereocenters. The maximum atomic E-state index is 13.1. The Hall–Kier alpha value is -3.45. The van der Waals surface area contributed by atoms with E-state index in [0.717, 1.165) is 18.4 Å². The maximum absolute atomic E-state index is 13.1. The molecule has 2 aromatic carbocycles. The lowest BCUT2D eigenvalue weighted by Crippen LogP contribution is -2.25. The lowest BCUT2D eigenvalue weighted by atomic mass is 10.1. The largest absolute Gasteiger partial charge is 0.383 e. The minimum absolute atomic E-state index is 0.203. The maximum Gasteiger partial charge on any atom is 0.257 e. The van der Waals surface area contributed by atoms with Crippen molar-refractivity contribution in [3.8, 4) is 0 Å². The fraction of sp³-hybridized carbons (Fsp3) is 0.280. The Balaban J connectivity index is 1.69. The van der Waals surface area contributed by atoms with Gasteiger partial charge in [0.25, 0.3) is 5.91 Å². The first-order valence-corrected chi connectivity index (χ1v) is 11.6. The molecule has 0 aliphatic rings. The molecule has 170 valence electrons. The lowest BCUT2D eigenvalue weighted by Gasteiger charge is -2.05. The Bertz CT molecular complexity index is 1300. The van der Waals surface area contributed by atoms with Gasteiger partial charge in [-0.3, -0.25) is 4.79 Å². The van der Waals surface area contributed by atoms with Gasteiger partial charge >= 0.3 is 0 Å². The second kappa shape index (κ2) is 10.4. The monoisotopic (exact) mass is 462 g/mol. The van der Waals surface area contributed by atoms with E-state index < -0.39 is 0 Å². The number of hydrogen-bond acceptors (Lipinski definition) is 5. The number of nitrogen functional groups attached to an aromatic ring is 1. The molecule has 1 amide bonds. The normalized spacial score (nSPS) is 11.6.